The normalized spacial score (nSPS) is 19.4. The lowest BCUT2D eigenvalue weighted by Gasteiger charge is -2.25. The minimum atomic E-state index is 0.376. The minimum Gasteiger partial charge on any atom is -0.401 e. The van der Waals surface area contributed by atoms with Crippen LogP contribution >= 0.6 is 0 Å². The van der Waals surface area contributed by atoms with Crippen molar-refractivity contribution in [3.05, 3.63) is 70.8 Å². The van der Waals surface area contributed by atoms with Crippen molar-refractivity contribution in [1.29, 1.82) is 0 Å². The first-order valence-corrected chi connectivity index (χ1v) is 13.7. The number of fused-ring (bicyclic) bond motifs is 4. The van der Waals surface area contributed by atoms with Crippen molar-refractivity contribution in [3.8, 4) is 22.8 Å². The fourth-order valence-corrected chi connectivity index (χ4v) is 6.33. The van der Waals surface area contributed by atoms with E-state index in [9.17, 15) is 0 Å². The molecule has 3 aliphatic rings. The lowest BCUT2D eigenvalue weighted by molar-refractivity contribution is 0.222. The van der Waals surface area contributed by atoms with Crippen molar-refractivity contribution in [1.82, 2.24) is 25.3 Å². The summed E-state index contributed by atoms with van der Waals surface area (Å²) in [6.07, 6.45) is 10.6. The molecule has 0 spiro atoms. The molecule has 2 aromatic heterocycles. The number of hydrogen-bond acceptors (Lipinski definition) is 7. The van der Waals surface area contributed by atoms with Crippen molar-refractivity contribution in [2.45, 2.75) is 63.8 Å². The Hall–Kier alpha value is -3.58. The Bertz CT molecular complexity index is 1420. The van der Waals surface area contributed by atoms with Crippen LogP contribution in [0.25, 0.3) is 22.8 Å². The van der Waals surface area contributed by atoms with Gasteiger partial charge in [-0.15, -0.1) is 15.3 Å². The van der Waals surface area contributed by atoms with E-state index in [0.29, 0.717) is 17.6 Å². The van der Waals surface area contributed by atoms with E-state index >= 15 is 0 Å². The highest BCUT2D eigenvalue weighted by molar-refractivity contribution is 5.69. The van der Waals surface area contributed by atoms with Gasteiger partial charge in [0.25, 0.3) is 5.89 Å². The molecule has 0 saturated carbocycles. The third kappa shape index (κ3) is 4.53. The van der Waals surface area contributed by atoms with Crippen molar-refractivity contribution in [2.75, 3.05) is 18.4 Å². The van der Waals surface area contributed by atoms with Gasteiger partial charge in [0.15, 0.2) is 5.69 Å². The molecule has 1 saturated heterocycles. The lowest BCUT2D eigenvalue weighted by atomic mass is 10.0. The minimum absolute atomic E-state index is 0.376. The first kappa shape index (κ1) is 22.6. The zero-order valence-electron chi connectivity index (χ0n) is 21.1. The second kappa shape index (κ2) is 9.71. The summed E-state index contributed by atoms with van der Waals surface area (Å²) in [7, 11) is 0. The van der Waals surface area contributed by atoms with Crippen LogP contribution in [0.2, 0.25) is 0 Å². The van der Waals surface area contributed by atoms with Gasteiger partial charge in [-0.1, -0.05) is 35.4 Å². The van der Waals surface area contributed by atoms with Gasteiger partial charge < -0.3 is 14.6 Å². The van der Waals surface area contributed by atoms with Gasteiger partial charge in [-0.3, -0.25) is 0 Å². The molecule has 188 valence electrons. The first-order valence-electron chi connectivity index (χ1n) is 13.7. The predicted molar refractivity (Wildman–Crippen MR) is 144 cm³/mol. The first-order chi connectivity index (χ1) is 18.3. The number of hydrogen-bond donors (Lipinski definition) is 1. The Morgan fingerprint density at radius 3 is 2.49 bits per heavy atom. The van der Waals surface area contributed by atoms with E-state index in [1.807, 2.05) is 0 Å². The van der Waals surface area contributed by atoms with Crippen LogP contribution in [0.4, 0.5) is 11.7 Å². The second-order valence-electron chi connectivity index (χ2n) is 10.6. The fourth-order valence-electron chi connectivity index (χ4n) is 6.33. The summed E-state index contributed by atoms with van der Waals surface area (Å²) in [6.45, 7) is 2.55. The van der Waals surface area contributed by atoms with Gasteiger partial charge in [0, 0.05) is 17.3 Å². The third-order valence-electron chi connectivity index (χ3n) is 8.29. The van der Waals surface area contributed by atoms with Crippen LogP contribution in [0.15, 0.2) is 52.9 Å². The van der Waals surface area contributed by atoms with Crippen molar-refractivity contribution >= 4 is 11.7 Å². The smallest absolute Gasteiger partial charge is 0.320 e. The molecule has 7 heteroatoms. The Balaban J connectivity index is 1.08. The molecule has 37 heavy (non-hydrogen) atoms. The van der Waals surface area contributed by atoms with E-state index in [0.717, 1.165) is 49.5 Å². The van der Waals surface area contributed by atoms with Gasteiger partial charge in [0.05, 0.1) is 5.69 Å². The van der Waals surface area contributed by atoms with Gasteiger partial charge in [0.2, 0.25) is 0 Å². The Morgan fingerprint density at radius 2 is 1.57 bits per heavy atom. The van der Waals surface area contributed by atoms with Gasteiger partial charge in [-0.2, -0.15) is 0 Å². The Kier molecular flexibility index (Phi) is 5.93. The van der Waals surface area contributed by atoms with Gasteiger partial charge in [-0.25, -0.2) is 0 Å². The molecular weight excluding hydrogens is 460 g/mol. The molecule has 0 amide bonds. The molecule has 1 atom stereocenters. The molecule has 0 unspecified atom stereocenters. The Labute approximate surface area is 217 Å². The fraction of sp³-hybridized carbons (Fsp3) is 0.400. The van der Waals surface area contributed by atoms with E-state index < -0.39 is 0 Å². The van der Waals surface area contributed by atoms with Crippen LogP contribution in [0, 0.1) is 0 Å². The monoisotopic (exact) mass is 492 g/mol. The SMILES string of the molecule is c1ccc2c(c1)CCCc1cc(-c3nnc(Nc4ccc5c(c4)CC[C@H](N4CCCC4)CC5)o3)nnc1-2. The highest BCUT2D eigenvalue weighted by atomic mass is 16.4. The zero-order chi connectivity index (χ0) is 24.6. The van der Waals surface area contributed by atoms with Crippen molar-refractivity contribution in [3.63, 3.8) is 0 Å². The number of likely N-dealkylation sites (tertiary alicyclic amines) is 1. The van der Waals surface area contributed by atoms with Gasteiger partial charge in [0.1, 0.15) is 0 Å². The van der Waals surface area contributed by atoms with Crippen LogP contribution < -0.4 is 5.32 Å². The van der Waals surface area contributed by atoms with Crippen molar-refractivity contribution in [2.24, 2.45) is 0 Å². The molecule has 7 nitrogen and oxygen atoms in total. The summed E-state index contributed by atoms with van der Waals surface area (Å²) >= 11 is 0. The molecule has 1 N–H and O–H groups in total. The summed E-state index contributed by atoms with van der Waals surface area (Å²) in [6, 6.07) is 18.3. The van der Waals surface area contributed by atoms with E-state index in [-0.39, 0.29) is 0 Å². The zero-order valence-corrected chi connectivity index (χ0v) is 21.1. The molecule has 0 radical (unpaired) electrons. The molecule has 3 heterocycles. The summed E-state index contributed by atoms with van der Waals surface area (Å²) in [5.74, 6) is 0.388. The summed E-state index contributed by atoms with van der Waals surface area (Å²) in [4.78, 5) is 2.70. The molecule has 2 aliphatic carbocycles. The number of nitrogens with zero attached hydrogens (tertiary/aromatic N) is 5. The van der Waals surface area contributed by atoms with Crippen LogP contribution in [-0.2, 0) is 25.7 Å². The topological polar surface area (TPSA) is 80.0 Å². The van der Waals surface area contributed by atoms with Gasteiger partial charge in [-0.05, 0) is 111 Å². The highest BCUT2D eigenvalue weighted by Crippen LogP contribution is 2.33. The molecule has 1 fully saturated rings. The maximum atomic E-state index is 5.98. The second-order valence-corrected chi connectivity index (χ2v) is 10.6. The number of rotatable bonds is 4. The molecular formula is C30H32N6O. The number of nitrogens with one attached hydrogen (secondary N) is 1. The third-order valence-corrected chi connectivity index (χ3v) is 8.29. The quantitative estimate of drug-likeness (QED) is 0.362. The molecule has 7 rings (SSSR count). The van der Waals surface area contributed by atoms with Crippen LogP contribution in [0.1, 0.15) is 54.4 Å². The number of benzene rings is 2. The molecule has 0 bridgehead atoms. The average Bonchev–Trinajstić information content (AvgIpc) is 3.54. The van der Waals surface area contributed by atoms with Crippen molar-refractivity contribution < 1.29 is 4.42 Å². The largest absolute Gasteiger partial charge is 0.401 e. The number of aromatic nitrogens is 4. The molecule has 2 aromatic carbocycles. The van der Waals surface area contributed by atoms with Crippen LogP contribution in [0.5, 0.6) is 0 Å². The average molecular weight is 493 g/mol. The van der Waals surface area contributed by atoms with Gasteiger partial charge >= 0.3 is 6.01 Å². The molecule has 1 aliphatic heterocycles. The number of aryl methyl sites for hydroxylation is 4. The standard InChI is InChI=1S/C30H32N6O/c1-2-9-26-21(6-1)7-5-8-23-19-27(32-33-28(23)26)29-34-35-30(37-29)31-24-13-10-20-11-14-25(15-12-22(20)18-24)36-16-3-4-17-36/h1-2,6,9-10,13,18-19,25H,3-5,7-8,11-12,14-17H2,(H,31,35)/t25-/m1/s1. The van der Waals surface area contributed by atoms with E-state index in [2.05, 4.69) is 79.1 Å². The maximum Gasteiger partial charge on any atom is 0.320 e. The number of anilines is 2. The maximum absolute atomic E-state index is 5.98. The van der Waals surface area contributed by atoms with Crippen LogP contribution in [0.3, 0.4) is 0 Å². The Morgan fingerprint density at radius 1 is 0.730 bits per heavy atom. The van der Waals surface area contributed by atoms with Crippen LogP contribution in [-0.4, -0.2) is 44.4 Å². The summed E-state index contributed by atoms with van der Waals surface area (Å²) in [5.41, 5.74) is 9.17. The summed E-state index contributed by atoms with van der Waals surface area (Å²) in [5, 5.41) is 20.9. The highest BCUT2D eigenvalue weighted by Gasteiger charge is 2.25. The molecule has 4 aromatic rings. The van der Waals surface area contributed by atoms with E-state index in [1.165, 1.54) is 66.6 Å². The van der Waals surface area contributed by atoms with E-state index in [1.54, 1.807) is 0 Å². The van der Waals surface area contributed by atoms with E-state index in [4.69, 9.17) is 4.42 Å². The summed E-state index contributed by atoms with van der Waals surface area (Å²) < 4.78 is 5.98. The lowest BCUT2D eigenvalue weighted by Crippen LogP contribution is -2.32. The predicted octanol–water partition coefficient (Wildman–Crippen LogP) is 5.77.